The van der Waals surface area contributed by atoms with Crippen molar-refractivity contribution in [2.45, 2.75) is 26.8 Å². The predicted octanol–water partition coefficient (Wildman–Crippen LogP) is 4.42. The van der Waals surface area contributed by atoms with Gasteiger partial charge in [0.2, 0.25) is 5.91 Å². The summed E-state index contributed by atoms with van der Waals surface area (Å²) in [6.45, 7) is 4.84. The lowest BCUT2D eigenvalue weighted by atomic mass is 9.95. The fourth-order valence-electron chi connectivity index (χ4n) is 3.67. The molecule has 0 spiro atoms. The highest BCUT2D eigenvalue weighted by Crippen LogP contribution is 2.30. The summed E-state index contributed by atoms with van der Waals surface area (Å²) in [5.41, 5.74) is 5.52. The molecule has 0 radical (unpaired) electrons. The molecule has 4 rings (SSSR count). The molecule has 0 saturated heterocycles. The molecule has 0 saturated carbocycles. The van der Waals surface area contributed by atoms with Crippen LogP contribution in [-0.4, -0.2) is 18.4 Å². The Bertz CT molecular complexity index is 1110. The fourth-order valence-corrected chi connectivity index (χ4v) is 3.67. The number of nitrogens with one attached hydrogen (secondary N) is 2. The minimum absolute atomic E-state index is 0.0274. The van der Waals surface area contributed by atoms with E-state index in [1.165, 1.54) is 5.56 Å². The Labute approximate surface area is 182 Å². The molecule has 5 heteroatoms. The molecule has 0 aliphatic carbocycles. The molecular weight excluding hydrogens is 388 g/mol. The van der Waals surface area contributed by atoms with E-state index < -0.39 is 0 Å². The van der Waals surface area contributed by atoms with Crippen molar-refractivity contribution in [1.29, 1.82) is 0 Å². The molecule has 0 unspecified atom stereocenters. The van der Waals surface area contributed by atoms with Crippen LogP contribution in [0.4, 0.5) is 5.69 Å². The van der Waals surface area contributed by atoms with Gasteiger partial charge in [0, 0.05) is 17.8 Å². The van der Waals surface area contributed by atoms with Gasteiger partial charge in [-0.25, -0.2) is 0 Å². The van der Waals surface area contributed by atoms with E-state index in [2.05, 4.69) is 10.6 Å². The highest BCUT2D eigenvalue weighted by molar-refractivity contribution is 6.04. The summed E-state index contributed by atoms with van der Waals surface area (Å²) in [5, 5.41) is 5.94. The van der Waals surface area contributed by atoms with Crippen LogP contribution in [0, 0.1) is 19.8 Å². The number of carbonyl (C=O) groups excluding carboxylic acids is 2. The van der Waals surface area contributed by atoms with Crippen molar-refractivity contribution in [1.82, 2.24) is 5.32 Å². The number of hydrogen-bond donors (Lipinski definition) is 2. The number of hydrogen-bond acceptors (Lipinski definition) is 3. The van der Waals surface area contributed by atoms with Crippen LogP contribution in [0.2, 0.25) is 0 Å². The van der Waals surface area contributed by atoms with Crippen LogP contribution in [0.3, 0.4) is 0 Å². The Kier molecular flexibility index (Phi) is 6.03. The van der Waals surface area contributed by atoms with E-state index in [-0.39, 0.29) is 17.7 Å². The molecule has 2 N–H and O–H groups in total. The smallest absolute Gasteiger partial charge is 0.255 e. The Morgan fingerprint density at radius 2 is 1.77 bits per heavy atom. The van der Waals surface area contributed by atoms with E-state index in [9.17, 15) is 9.59 Å². The lowest BCUT2D eigenvalue weighted by Crippen LogP contribution is -2.37. The zero-order chi connectivity index (χ0) is 21.8. The van der Waals surface area contributed by atoms with Gasteiger partial charge in [0.15, 0.2) is 0 Å². The van der Waals surface area contributed by atoms with Crippen LogP contribution in [0.25, 0.3) is 0 Å². The lowest BCUT2D eigenvalue weighted by molar-refractivity contribution is -0.126. The van der Waals surface area contributed by atoms with Gasteiger partial charge in [0.1, 0.15) is 12.4 Å². The average Bonchev–Trinajstić information content (AvgIpc) is 2.78. The van der Waals surface area contributed by atoms with E-state index in [0.717, 1.165) is 22.4 Å². The molecule has 31 heavy (non-hydrogen) atoms. The molecule has 1 aliphatic rings. The summed E-state index contributed by atoms with van der Waals surface area (Å²) in [4.78, 5) is 25.2. The monoisotopic (exact) mass is 414 g/mol. The molecule has 1 aliphatic heterocycles. The minimum Gasteiger partial charge on any atom is -0.492 e. The molecule has 0 aromatic heterocycles. The molecule has 2 amide bonds. The third-order valence-corrected chi connectivity index (χ3v) is 5.46. The molecule has 0 fully saturated rings. The average molecular weight is 415 g/mol. The van der Waals surface area contributed by atoms with Crippen molar-refractivity contribution < 1.29 is 14.3 Å². The second-order valence-corrected chi connectivity index (χ2v) is 8.06. The first-order valence-corrected chi connectivity index (χ1v) is 10.4. The van der Waals surface area contributed by atoms with Crippen molar-refractivity contribution in [2.75, 3.05) is 11.9 Å². The summed E-state index contributed by atoms with van der Waals surface area (Å²) >= 11 is 0. The Morgan fingerprint density at radius 3 is 2.55 bits per heavy atom. The molecule has 3 aromatic rings. The number of benzene rings is 3. The summed E-state index contributed by atoms with van der Waals surface area (Å²) in [5.74, 6) is 0.310. The van der Waals surface area contributed by atoms with E-state index >= 15 is 0 Å². The van der Waals surface area contributed by atoms with Crippen molar-refractivity contribution in [3.8, 4) is 5.75 Å². The first kappa shape index (κ1) is 20.7. The highest BCUT2D eigenvalue weighted by atomic mass is 16.5. The third-order valence-electron chi connectivity index (χ3n) is 5.46. The largest absolute Gasteiger partial charge is 0.492 e. The maximum Gasteiger partial charge on any atom is 0.255 e. The van der Waals surface area contributed by atoms with Crippen LogP contribution in [0.1, 0.15) is 32.6 Å². The minimum atomic E-state index is -0.263. The fraction of sp³-hybridized carbons (Fsp3) is 0.231. The molecule has 0 bridgehead atoms. The SMILES string of the molecule is Cc1ccc(CNC(=O)[C@@H]2COc3ccc(NC(=O)c4cccc(C)c4)cc3C2)cc1. The van der Waals surface area contributed by atoms with Crippen LogP contribution in [0.5, 0.6) is 5.75 Å². The van der Waals surface area contributed by atoms with Gasteiger partial charge in [-0.3, -0.25) is 9.59 Å². The first-order chi connectivity index (χ1) is 15.0. The number of amides is 2. The summed E-state index contributed by atoms with van der Waals surface area (Å²) in [6.07, 6.45) is 0.573. The van der Waals surface area contributed by atoms with Crippen molar-refractivity contribution in [3.63, 3.8) is 0 Å². The molecule has 3 aromatic carbocycles. The van der Waals surface area contributed by atoms with Gasteiger partial charge >= 0.3 is 0 Å². The summed E-state index contributed by atoms with van der Waals surface area (Å²) < 4.78 is 5.81. The highest BCUT2D eigenvalue weighted by Gasteiger charge is 2.26. The summed E-state index contributed by atoms with van der Waals surface area (Å²) in [6, 6.07) is 21.1. The van der Waals surface area contributed by atoms with E-state index in [1.807, 2.05) is 74.5 Å². The van der Waals surface area contributed by atoms with Gasteiger partial charge in [-0.05, 0) is 61.7 Å². The topological polar surface area (TPSA) is 67.4 Å². The van der Waals surface area contributed by atoms with Gasteiger partial charge < -0.3 is 15.4 Å². The first-order valence-electron chi connectivity index (χ1n) is 10.4. The zero-order valence-corrected chi connectivity index (χ0v) is 17.8. The molecule has 1 heterocycles. The van der Waals surface area contributed by atoms with Gasteiger partial charge in [0.25, 0.3) is 5.91 Å². The molecular formula is C26H26N2O3. The quantitative estimate of drug-likeness (QED) is 0.649. The Balaban J connectivity index is 1.39. The third kappa shape index (κ3) is 5.12. The maximum absolute atomic E-state index is 12.7. The number of aryl methyl sites for hydroxylation is 2. The lowest BCUT2D eigenvalue weighted by Gasteiger charge is -2.25. The zero-order valence-electron chi connectivity index (χ0n) is 17.8. The molecule has 5 nitrogen and oxygen atoms in total. The normalized spacial score (nSPS) is 14.8. The van der Waals surface area contributed by atoms with Crippen LogP contribution in [0.15, 0.2) is 66.7 Å². The van der Waals surface area contributed by atoms with Crippen LogP contribution < -0.4 is 15.4 Å². The summed E-state index contributed by atoms with van der Waals surface area (Å²) in [7, 11) is 0. The maximum atomic E-state index is 12.7. The number of rotatable bonds is 5. The van der Waals surface area contributed by atoms with Crippen LogP contribution >= 0.6 is 0 Å². The van der Waals surface area contributed by atoms with Crippen LogP contribution in [-0.2, 0) is 17.8 Å². The number of ether oxygens (including phenoxy) is 1. The van der Waals surface area contributed by atoms with Gasteiger partial charge in [-0.1, -0.05) is 47.5 Å². The Morgan fingerprint density at radius 1 is 0.968 bits per heavy atom. The number of fused-ring (bicyclic) bond motifs is 1. The number of anilines is 1. The van der Waals surface area contributed by atoms with E-state index in [1.54, 1.807) is 6.07 Å². The standard InChI is InChI=1S/C26H26N2O3/c1-17-6-8-19(9-7-17)15-27-25(29)22-13-21-14-23(10-11-24(21)31-16-22)28-26(30)20-5-3-4-18(2)12-20/h3-12,14,22H,13,15-16H2,1-2H3,(H,27,29)(H,28,30)/t22-/m0/s1. The van der Waals surface area contributed by atoms with Crippen molar-refractivity contribution >= 4 is 17.5 Å². The second-order valence-electron chi connectivity index (χ2n) is 8.06. The van der Waals surface area contributed by atoms with Crippen molar-refractivity contribution in [3.05, 3.63) is 94.5 Å². The number of carbonyl (C=O) groups is 2. The molecule has 158 valence electrons. The van der Waals surface area contributed by atoms with Crippen molar-refractivity contribution in [2.24, 2.45) is 5.92 Å². The van der Waals surface area contributed by atoms with E-state index in [4.69, 9.17) is 4.74 Å². The van der Waals surface area contributed by atoms with E-state index in [0.29, 0.717) is 30.8 Å². The van der Waals surface area contributed by atoms with Gasteiger partial charge in [0.05, 0.1) is 5.92 Å². The van der Waals surface area contributed by atoms with Gasteiger partial charge in [-0.15, -0.1) is 0 Å². The van der Waals surface area contributed by atoms with Gasteiger partial charge in [-0.2, -0.15) is 0 Å². The Hall–Kier alpha value is -3.60. The second kappa shape index (κ2) is 9.04. The molecule has 1 atom stereocenters. The predicted molar refractivity (Wildman–Crippen MR) is 121 cm³/mol.